The summed E-state index contributed by atoms with van der Waals surface area (Å²) in [5, 5.41) is 5.41. The minimum absolute atomic E-state index is 0.0177. The first kappa shape index (κ1) is 17.9. The third-order valence-electron chi connectivity index (χ3n) is 4.22. The van der Waals surface area contributed by atoms with E-state index >= 15 is 0 Å². The molecule has 2 amide bonds. The summed E-state index contributed by atoms with van der Waals surface area (Å²) in [5.41, 5.74) is 0.165. The van der Waals surface area contributed by atoms with Crippen molar-refractivity contribution in [2.24, 2.45) is 0 Å². The number of para-hydroxylation sites is 1. The van der Waals surface area contributed by atoms with Crippen LogP contribution in [0.4, 0.5) is 14.9 Å². The van der Waals surface area contributed by atoms with Crippen LogP contribution in [0.5, 0.6) is 11.8 Å². The van der Waals surface area contributed by atoms with Crippen molar-refractivity contribution in [1.82, 2.24) is 15.3 Å². The van der Waals surface area contributed by atoms with Crippen LogP contribution < -0.4 is 20.1 Å². The van der Waals surface area contributed by atoms with Crippen molar-refractivity contribution in [2.75, 3.05) is 12.4 Å². The Morgan fingerprint density at radius 2 is 1.88 bits per heavy atom. The van der Waals surface area contributed by atoms with Gasteiger partial charge in [-0.15, -0.1) is 0 Å². The Labute approximate surface area is 150 Å². The van der Waals surface area contributed by atoms with E-state index in [0.717, 1.165) is 25.7 Å². The molecule has 2 aromatic rings. The zero-order valence-electron chi connectivity index (χ0n) is 14.4. The lowest BCUT2D eigenvalue weighted by Crippen LogP contribution is -2.41. The van der Waals surface area contributed by atoms with Crippen molar-refractivity contribution >= 4 is 11.7 Å². The van der Waals surface area contributed by atoms with Gasteiger partial charge >= 0.3 is 6.03 Å². The lowest BCUT2D eigenvalue weighted by atomic mass is 9.93. The van der Waals surface area contributed by atoms with E-state index in [2.05, 4.69) is 20.6 Å². The fourth-order valence-electron chi connectivity index (χ4n) is 2.89. The SMILES string of the molecule is COc1cncc(OC2CCC(NC(=O)Nc3ccccc3F)CC2)n1. The van der Waals surface area contributed by atoms with E-state index in [1.54, 1.807) is 18.3 Å². The normalized spacial score (nSPS) is 19.5. The van der Waals surface area contributed by atoms with Crippen molar-refractivity contribution in [3.05, 3.63) is 42.5 Å². The fourth-order valence-corrected chi connectivity index (χ4v) is 2.89. The standard InChI is InChI=1S/C18H21FN4O3/c1-25-16-10-20-11-17(23-16)26-13-8-6-12(7-9-13)21-18(24)22-15-5-3-2-4-14(15)19/h2-5,10-13H,6-9H2,1H3,(H2,21,22,24). The molecule has 0 radical (unpaired) electrons. The number of ether oxygens (including phenoxy) is 2. The number of rotatable bonds is 5. The second-order valence-electron chi connectivity index (χ2n) is 6.07. The maximum atomic E-state index is 13.6. The van der Waals surface area contributed by atoms with Gasteiger partial charge < -0.3 is 20.1 Å². The molecule has 7 nitrogen and oxygen atoms in total. The highest BCUT2D eigenvalue weighted by Gasteiger charge is 2.24. The summed E-state index contributed by atoms with van der Waals surface area (Å²) >= 11 is 0. The van der Waals surface area contributed by atoms with Gasteiger partial charge in [-0.1, -0.05) is 12.1 Å². The van der Waals surface area contributed by atoms with Gasteiger partial charge in [-0.2, -0.15) is 4.98 Å². The Hall–Kier alpha value is -2.90. The summed E-state index contributed by atoms with van der Waals surface area (Å²) in [7, 11) is 1.52. The summed E-state index contributed by atoms with van der Waals surface area (Å²) in [5.74, 6) is 0.375. The van der Waals surface area contributed by atoms with Gasteiger partial charge in [-0.3, -0.25) is 4.98 Å². The fraction of sp³-hybridized carbons (Fsp3) is 0.389. The Morgan fingerprint density at radius 3 is 2.62 bits per heavy atom. The van der Waals surface area contributed by atoms with Gasteiger partial charge in [-0.05, 0) is 37.8 Å². The average molecular weight is 360 g/mol. The first-order valence-electron chi connectivity index (χ1n) is 8.49. The predicted octanol–water partition coefficient (Wildman–Crippen LogP) is 3.14. The molecule has 1 aromatic heterocycles. The predicted molar refractivity (Wildman–Crippen MR) is 93.8 cm³/mol. The summed E-state index contributed by atoms with van der Waals surface area (Å²) < 4.78 is 24.4. The molecule has 0 atom stereocenters. The third-order valence-corrected chi connectivity index (χ3v) is 4.22. The monoisotopic (exact) mass is 360 g/mol. The van der Waals surface area contributed by atoms with Gasteiger partial charge in [0.05, 0.1) is 25.2 Å². The van der Waals surface area contributed by atoms with Crippen molar-refractivity contribution in [2.45, 2.75) is 37.8 Å². The molecule has 1 aliphatic carbocycles. The molecule has 2 N–H and O–H groups in total. The first-order valence-corrected chi connectivity index (χ1v) is 8.49. The Balaban J connectivity index is 1.44. The van der Waals surface area contributed by atoms with Gasteiger partial charge in [0.15, 0.2) is 0 Å². The number of methoxy groups -OCH3 is 1. The summed E-state index contributed by atoms with van der Waals surface area (Å²) in [6, 6.07) is 5.69. The summed E-state index contributed by atoms with van der Waals surface area (Å²) in [6.45, 7) is 0. The van der Waals surface area contributed by atoms with Gasteiger partial charge in [0.25, 0.3) is 0 Å². The Kier molecular flexibility index (Phi) is 5.83. The van der Waals surface area contributed by atoms with Crippen LogP contribution in [-0.2, 0) is 0 Å². The van der Waals surface area contributed by atoms with E-state index in [-0.39, 0.29) is 17.8 Å². The van der Waals surface area contributed by atoms with Gasteiger partial charge in [0.2, 0.25) is 11.8 Å². The van der Waals surface area contributed by atoms with Crippen molar-refractivity contribution in [3.63, 3.8) is 0 Å². The van der Waals surface area contributed by atoms with Crippen molar-refractivity contribution < 1.29 is 18.7 Å². The largest absolute Gasteiger partial charge is 0.480 e. The Morgan fingerprint density at radius 1 is 1.15 bits per heavy atom. The number of benzene rings is 1. The van der Waals surface area contributed by atoms with Gasteiger partial charge in [-0.25, -0.2) is 9.18 Å². The van der Waals surface area contributed by atoms with E-state index < -0.39 is 11.8 Å². The Bertz CT molecular complexity index is 751. The van der Waals surface area contributed by atoms with Crippen molar-refractivity contribution in [1.29, 1.82) is 0 Å². The molecule has 0 bridgehead atoms. The number of anilines is 1. The van der Waals surface area contributed by atoms with Crippen molar-refractivity contribution in [3.8, 4) is 11.8 Å². The van der Waals surface area contributed by atoms with Crippen LogP contribution >= 0.6 is 0 Å². The number of halogens is 1. The minimum atomic E-state index is -0.459. The van der Waals surface area contributed by atoms with E-state index in [4.69, 9.17) is 9.47 Å². The molecule has 0 aliphatic heterocycles. The van der Waals surface area contributed by atoms with E-state index in [9.17, 15) is 9.18 Å². The molecule has 1 fully saturated rings. The molecule has 1 aromatic carbocycles. The molecule has 26 heavy (non-hydrogen) atoms. The first-order chi connectivity index (χ1) is 12.6. The van der Waals surface area contributed by atoms with Gasteiger partial charge in [0.1, 0.15) is 11.9 Å². The van der Waals surface area contributed by atoms with Crippen LogP contribution in [0.3, 0.4) is 0 Å². The third kappa shape index (κ3) is 4.81. The van der Waals surface area contributed by atoms with E-state index in [0.29, 0.717) is 11.8 Å². The second kappa shape index (κ2) is 8.46. The molecule has 8 heteroatoms. The number of nitrogens with zero attached hydrogens (tertiary/aromatic N) is 2. The molecule has 1 heterocycles. The zero-order valence-corrected chi connectivity index (χ0v) is 14.4. The highest BCUT2D eigenvalue weighted by Crippen LogP contribution is 2.23. The number of hydrogen-bond donors (Lipinski definition) is 2. The number of carbonyl (C=O) groups is 1. The molecule has 138 valence electrons. The number of hydrogen-bond acceptors (Lipinski definition) is 5. The summed E-state index contributed by atoms with van der Waals surface area (Å²) in [6.07, 6.45) is 6.19. The van der Waals surface area contributed by atoms with E-state index in [1.807, 2.05) is 0 Å². The number of carbonyl (C=O) groups excluding carboxylic acids is 1. The van der Waals surface area contributed by atoms with Crippen LogP contribution in [0.25, 0.3) is 0 Å². The number of amides is 2. The minimum Gasteiger partial charge on any atom is -0.480 e. The lowest BCUT2D eigenvalue weighted by molar-refractivity contribution is 0.134. The maximum absolute atomic E-state index is 13.6. The van der Waals surface area contributed by atoms with Gasteiger partial charge in [0, 0.05) is 6.04 Å². The maximum Gasteiger partial charge on any atom is 0.319 e. The molecular formula is C18H21FN4O3. The molecule has 1 aliphatic rings. The zero-order chi connectivity index (χ0) is 18.4. The highest BCUT2D eigenvalue weighted by atomic mass is 19.1. The lowest BCUT2D eigenvalue weighted by Gasteiger charge is -2.29. The van der Waals surface area contributed by atoms with E-state index in [1.165, 1.54) is 25.4 Å². The molecule has 0 saturated heterocycles. The van der Waals surface area contributed by atoms with Crippen LogP contribution in [0.1, 0.15) is 25.7 Å². The molecule has 3 rings (SSSR count). The molecule has 0 spiro atoms. The number of aromatic nitrogens is 2. The smallest absolute Gasteiger partial charge is 0.319 e. The molecule has 0 unspecified atom stereocenters. The van der Waals surface area contributed by atoms with Crippen LogP contribution in [0.15, 0.2) is 36.7 Å². The number of urea groups is 1. The highest BCUT2D eigenvalue weighted by molar-refractivity contribution is 5.89. The molecular weight excluding hydrogens is 339 g/mol. The van der Waals surface area contributed by atoms with Crippen LogP contribution in [0.2, 0.25) is 0 Å². The van der Waals surface area contributed by atoms with Crippen LogP contribution in [0, 0.1) is 5.82 Å². The topological polar surface area (TPSA) is 85.4 Å². The quantitative estimate of drug-likeness (QED) is 0.856. The second-order valence-corrected chi connectivity index (χ2v) is 6.07. The summed E-state index contributed by atoms with van der Waals surface area (Å²) in [4.78, 5) is 20.2. The average Bonchev–Trinajstić information content (AvgIpc) is 2.65. The molecule has 1 saturated carbocycles. The number of nitrogens with one attached hydrogen (secondary N) is 2. The van der Waals surface area contributed by atoms with Crippen LogP contribution in [-0.4, -0.2) is 35.3 Å².